The summed E-state index contributed by atoms with van der Waals surface area (Å²) < 4.78 is 5.39. The number of carbonyl (C=O) groups is 1. The molecule has 6 unspecified atom stereocenters. The Morgan fingerprint density at radius 3 is 2.15 bits per heavy atom. The molecule has 3 aliphatic carbocycles. The summed E-state index contributed by atoms with van der Waals surface area (Å²) in [6, 6.07) is 8.09. The first-order valence-corrected chi connectivity index (χ1v) is 9.06. The van der Waals surface area contributed by atoms with Gasteiger partial charge in [0.15, 0.2) is 6.10 Å². The van der Waals surface area contributed by atoms with Crippen molar-refractivity contribution in [1.29, 1.82) is 0 Å². The van der Waals surface area contributed by atoms with Gasteiger partial charge < -0.3 is 30.3 Å². The van der Waals surface area contributed by atoms with Crippen molar-refractivity contribution >= 4 is 5.97 Å². The molecule has 0 radical (unpaired) electrons. The van der Waals surface area contributed by atoms with E-state index in [2.05, 4.69) is 0 Å². The second-order valence-corrected chi connectivity index (χ2v) is 7.79. The number of aliphatic hydroxyl groups excluding tert-OH is 3. The zero-order valence-electron chi connectivity index (χ0n) is 14.3. The maximum atomic E-state index is 12.5. The van der Waals surface area contributed by atoms with E-state index in [9.17, 15) is 30.3 Å². The molecule has 3 saturated carbocycles. The van der Waals surface area contributed by atoms with Crippen LogP contribution in [0.2, 0.25) is 0 Å². The third kappa shape index (κ3) is 1.92. The van der Waals surface area contributed by atoms with E-state index >= 15 is 0 Å². The third-order valence-corrected chi connectivity index (χ3v) is 6.75. The summed E-state index contributed by atoms with van der Waals surface area (Å²) >= 11 is 0. The lowest BCUT2D eigenvalue weighted by Gasteiger charge is -2.40. The molecule has 1 aromatic rings. The first-order valence-electron chi connectivity index (χ1n) is 9.06. The van der Waals surface area contributed by atoms with Crippen molar-refractivity contribution in [3.8, 4) is 0 Å². The van der Waals surface area contributed by atoms with Gasteiger partial charge in [0.1, 0.15) is 29.5 Å². The summed E-state index contributed by atoms with van der Waals surface area (Å²) in [5, 5.41) is 53.5. The van der Waals surface area contributed by atoms with Gasteiger partial charge in [-0.05, 0) is 25.0 Å². The van der Waals surface area contributed by atoms with Crippen LogP contribution in [0.1, 0.15) is 42.5 Å². The second kappa shape index (κ2) is 5.74. The average Bonchev–Trinajstić information content (AvgIpc) is 3.09. The normalized spacial score (nSPS) is 43.6. The van der Waals surface area contributed by atoms with Gasteiger partial charge in [0.05, 0.1) is 5.56 Å². The van der Waals surface area contributed by atoms with Gasteiger partial charge in [-0.2, -0.15) is 0 Å². The summed E-state index contributed by atoms with van der Waals surface area (Å²) in [5.74, 6) is -0.771. The summed E-state index contributed by atoms with van der Waals surface area (Å²) in [6.07, 6.45) is -3.41. The van der Waals surface area contributed by atoms with Gasteiger partial charge in [0.25, 0.3) is 0 Å². The van der Waals surface area contributed by atoms with Crippen molar-refractivity contribution in [1.82, 2.24) is 0 Å². The van der Waals surface area contributed by atoms with E-state index in [1.807, 2.05) is 0 Å². The predicted molar refractivity (Wildman–Crippen MR) is 89.1 cm³/mol. The van der Waals surface area contributed by atoms with Gasteiger partial charge in [-0.25, -0.2) is 4.79 Å². The van der Waals surface area contributed by atoms with E-state index in [0.717, 1.165) is 19.3 Å². The van der Waals surface area contributed by atoms with Crippen LogP contribution >= 0.6 is 0 Å². The van der Waals surface area contributed by atoms with E-state index in [0.29, 0.717) is 12.8 Å². The van der Waals surface area contributed by atoms with E-state index < -0.39 is 47.0 Å². The van der Waals surface area contributed by atoms with Gasteiger partial charge in [0, 0.05) is 5.41 Å². The molecule has 1 spiro atoms. The molecular formula is C19H24O7. The third-order valence-electron chi connectivity index (χ3n) is 6.75. The molecule has 0 aromatic heterocycles. The first kappa shape index (κ1) is 17.9. The minimum absolute atomic E-state index is 0.228. The number of aliphatic hydroxyl groups is 5. The minimum Gasteiger partial charge on any atom is -0.453 e. The Bertz CT molecular complexity index is 695. The van der Waals surface area contributed by atoms with E-state index in [1.165, 1.54) is 12.1 Å². The Kier molecular flexibility index (Phi) is 3.95. The van der Waals surface area contributed by atoms with Crippen molar-refractivity contribution in [2.45, 2.75) is 67.7 Å². The fourth-order valence-electron chi connectivity index (χ4n) is 5.40. The number of ether oxygens (including phenoxy) is 1. The number of esters is 1. The molecular weight excluding hydrogens is 340 g/mol. The number of carbonyl (C=O) groups excluding carboxylic acids is 1. The Labute approximate surface area is 150 Å². The van der Waals surface area contributed by atoms with Crippen molar-refractivity contribution < 1.29 is 35.1 Å². The molecule has 6 atom stereocenters. The molecule has 3 aliphatic rings. The molecule has 0 bridgehead atoms. The lowest BCUT2D eigenvalue weighted by atomic mass is 9.81. The lowest BCUT2D eigenvalue weighted by molar-refractivity contribution is -0.223. The van der Waals surface area contributed by atoms with Crippen molar-refractivity contribution in [2.75, 3.05) is 0 Å². The predicted octanol–water partition coefficient (Wildman–Crippen LogP) is -0.265. The summed E-state index contributed by atoms with van der Waals surface area (Å²) in [4.78, 5) is 12.5. The Hall–Kier alpha value is -1.51. The quantitative estimate of drug-likeness (QED) is 0.457. The van der Waals surface area contributed by atoms with Crippen LogP contribution in [0.5, 0.6) is 0 Å². The zero-order chi connectivity index (χ0) is 18.7. The van der Waals surface area contributed by atoms with Crippen LogP contribution in [0.4, 0.5) is 0 Å². The molecule has 26 heavy (non-hydrogen) atoms. The molecule has 142 valence electrons. The molecule has 0 heterocycles. The van der Waals surface area contributed by atoms with E-state index in [1.54, 1.807) is 18.2 Å². The maximum Gasteiger partial charge on any atom is 0.338 e. The number of hydrogen-bond acceptors (Lipinski definition) is 7. The van der Waals surface area contributed by atoms with Gasteiger partial charge >= 0.3 is 5.97 Å². The maximum absolute atomic E-state index is 12.5. The van der Waals surface area contributed by atoms with Crippen molar-refractivity contribution in [2.24, 2.45) is 5.41 Å². The summed E-state index contributed by atoms with van der Waals surface area (Å²) in [5.41, 5.74) is -4.88. The smallest absolute Gasteiger partial charge is 0.338 e. The molecule has 4 rings (SSSR count). The van der Waals surface area contributed by atoms with E-state index in [-0.39, 0.29) is 5.56 Å². The Balaban J connectivity index is 1.70. The van der Waals surface area contributed by atoms with Crippen LogP contribution in [-0.2, 0) is 4.74 Å². The van der Waals surface area contributed by atoms with Crippen LogP contribution < -0.4 is 0 Å². The number of benzene rings is 1. The zero-order valence-corrected chi connectivity index (χ0v) is 14.3. The monoisotopic (exact) mass is 364 g/mol. The van der Waals surface area contributed by atoms with Gasteiger partial charge in [-0.1, -0.05) is 37.5 Å². The van der Waals surface area contributed by atoms with Crippen LogP contribution in [0.3, 0.4) is 0 Å². The standard InChI is InChI=1S/C19H24O7/c20-12-13(21)15(26-16(23)11-7-3-1-4-8-11)19(25)17(9-5-2-6-10-17)18(19,24)14(12)22/h1,3-4,7-8,12-15,20-22,24-25H,2,5-6,9-10H2. The molecule has 3 fully saturated rings. The number of hydrogen-bond donors (Lipinski definition) is 5. The summed E-state index contributed by atoms with van der Waals surface area (Å²) in [7, 11) is 0. The highest BCUT2D eigenvalue weighted by Gasteiger charge is 2.95. The summed E-state index contributed by atoms with van der Waals surface area (Å²) in [6.45, 7) is 0. The second-order valence-electron chi connectivity index (χ2n) is 7.79. The molecule has 0 aliphatic heterocycles. The molecule has 7 heteroatoms. The first-order chi connectivity index (χ1) is 12.3. The van der Waals surface area contributed by atoms with Crippen molar-refractivity contribution in [3.05, 3.63) is 35.9 Å². The van der Waals surface area contributed by atoms with Crippen LogP contribution in [0, 0.1) is 5.41 Å². The minimum atomic E-state index is -2.01. The lowest BCUT2D eigenvalue weighted by Crippen LogP contribution is -2.64. The van der Waals surface area contributed by atoms with E-state index in [4.69, 9.17) is 4.74 Å². The Morgan fingerprint density at radius 2 is 1.54 bits per heavy atom. The van der Waals surface area contributed by atoms with Crippen LogP contribution in [-0.4, -0.2) is 67.1 Å². The molecule has 0 saturated heterocycles. The Morgan fingerprint density at radius 1 is 0.923 bits per heavy atom. The van der Waals surface area contributed by atoms with Crippen LogP contribution in [0.25, 0.3) is 0 Å². The van der Waals surface area contributed by atoms with Crippen LogP contribution in [0.15, 0.2) is 30.3 Å². The highest BCUT2D eigenvalue weighted by atomic mass is 16.6. The van der Waals surface area contributed by atoms with Gasteiger partial charge in [-0.3, -0.25) is 0 Å². The van der Waals surface area contributed by atoms with Crippen molar-refractivity contribution in [3.63, 3.8) is 0 Å². The highest BCUT2D eigenvalue weighted by Crippen LogP contribution is 2.76. The number of fused-ring (bicyclic) bond motifs is 3. The largest absolute Gasteiger partial charge is 0.453 e. The SMILES string of the molecule is O=C(OC1C(O)C(O)C(O)C2(O)C3(CCCCC3)C12O)c1ccccc1. The molecule has 0 amide bonds. The van der Waals surface area contributed by atoms with Gasteiger partial charge in [-0.15, -0.1) is 0 Å². The number of rotatable bonds is 2. The molecule has 1 aromatic carbocycles. The highest BCUT2D eigenvalue weighted by molar-refractivity contribution is 5.89. The molecule has 7 nitrogen and oxygen atoms in total. The fourth-order valence-corrected chi connectivity index (χ4v) is 5.40. The van der Waals surface area contributed by atoms with Gasteiger partial charge in [0.2, 0.25) is 0 Å². The molecule has 5 N–H and O–H groups in total. The fraction of sp³-hybridized carbons (Fsp3) is 0.632. The topological polar surface area (TPSA) is 127 Å². The average molecular weight is 364 g/mol.